The van der Waals surface area contributed by atoms with Gasteiger partial charge >= 0.3 is 6.09 Å². The molecule has 22 heavy (non-hydrogen) atoms. The number of likely N-dealkylation sites (tertiary alicyclic amines) is 2. The van der Waals surface area contributed by atoms with E-state index in [1.807, 2.05) is 25.7 Å². The Morgan fingerprint density at radius 1 is 1.09 bits per heavy atom. The third-order valence-electron chi connectivity index (χ3n) is 4.09. The number of hydrogen-bond donors (Lipinski definition) is 1. The lowest BCUT2D eigenvalue weighted by molar-refractivity contribution is -0.131. The average molecular weight is 311 g/mol. The van der Waals surface area contributed by atoms with Crippen LogP contribution in [0.2, 0.25) is 0 Å². The van der Waals surface area contributed by atoms with E-state index >= 15 is 0 Å². The van der Waals surface area contributed by atoms with Gasteiger partial charge in [0.1, 0.15) is 5.60 Å². The van der Waals surface area contributed by atoms with Gasteiger partial charge in [-0.15, -0.1) is 0 Å². The molecule has 2 saturated heterocycles. The number of hydrogen-bond acceptors (Lipinski definition) is 4. The van der Waals surface area contributed by atoms with Crippen molar-refractivity contribution in [2.75, 3.05) is 32.7 Å². The molecule has 1 unspecified atom stereocenters. The van der Waals surface area contributed by atoms with Crippen LogP contribution in [-0.4, -0.2) is 66.2 Å². The quantitative estimate of drug-likeness (QED) is 0.860. The topological polar surface area (TPSA) is 61.9 Å². The van der Waals surface area contributed by atoms with E-state index in [1.54, 1.807) is 4.90 Å². The lowest BCUT2D eigenvalue weighted by Gasteiger charge is -2.27. The SMILES string of the molecule is CC(C)(C)OC(=O)N1CCC(NCC(=O)N2CCCCC2)C1. The molecule has 0 aliphatic carbocycles. The Balaban J connectivity index is 1.70. The first-order valence-electron chi connectivity index (χ1n) is 8.34. The number of carbonyl (C=O) groups is 2. The molecule has 126 valence electrons. The second-order valence-corrected chi connectivity index (χ2v) is 7.23. The zero-order valence-electron chi connectivity index (χ0n) is 14.1. The van der Waals surface area contributed by atoms with Crippen molar-refractivity contribution < 1.29 is 14.3 Å². The summed E-state index contributed by atoms with van der Waals surface area (Å²) in [5.41, 5.74) is -0.465. The molecule has 2 heterocycles. The van der Waals surface area contributed by atoms with Gasteiger partial charge in [0.2, 0.25) is 5.91 Å². The molecular weight excluding hydrogens is 282 g/mol. The van der Waals surface area contributed by atoms with Gasteiger partial charge < -0.3 is 19.9 Å². The van der Waals surface area contributed by atoms with Crippen LogP contribution in [0.5, 0.6) is 0 Å². The highest BCUT2D eigenvalue weighted by Crippen LogP contribution is 2.15. The second kappa shape index (κ2) is 7.31. The van der Waals surface area contributed by atoms with Crippen LogP contribution in [0.1, 0.15) is 46.5 Å². The summed E-state index contributed by atoms with van der Waals surface area (Å²) < 4.78 is 5.37. The summed E-state index contributed by atoms with van der Waals surface area (Å²) in [7, 11) is 0. The maximum absolute atomic E-state index is 12.1. The molecule has 6 heteroatoms. The highest BCUT2D eigenvalue weighted by molar-refractivity contribution is 5.78. The molecule has 1 N–H and O–H groups in total. The van der Waals surface area contributed by atoms with Crippen LogP contribution in [0.15, 0.2) is 0 Å². The van der Waals surface area contributed by atoms with Crippen molar-refractivity contribution in [1.82, 2.24) is 15.1 Å². The van der Waals surface area contributed by atoms with Crippen LogP contribution in [0, 0.1) is 0 Å². The van der Waals surface area contributed by atoms with Crippen molar-refractivity contribution >= 4 is 12.0 Å². The summed E-state index contributed by atoms with van der Waals surface area (Å²) in [6.45, 7) is 9.04. The fraction of sp³-hybridized carbons (Fsp3) is 0.875. The number of amides is 2. The molecule has 2 fully saturated rings. The molecule has 1 atom stereocenters. The highest BCUT2D eigenvalue weighted by atomic mass is 16.6. The van der Waals surface area contributed by atoms with Gasteiger partial charge in [-0.3, -0.25) is 4.79 Å². The second-order valence-electron chi connectivity index (χ2n) is 7.23. The van der Waals surface area contributed by atoms with Crippen LogP contribution >= 0.6 is 0 Å². The van der Waals surface area contributed by atoms with Gasteiger partial charge in [-0.2, -0.15) is 0 Å². The lowest BCUT2D eigenvalue weighted by Crippen LogP contribution is -2.45. The summed E-state index contributed by atoms with van der Waals surface area (Å²) >= 11 is 0. The van der Waals surface area contributed by atoms with Crippen molar-refractivity contribution in [1.29, 1.82) is 0 Å². The first kappa shape index (κ1) is 17.1. The molecule has 0 bridgehead atoms. The molecule has 0 saturated carbocycles. The highest BCUT2D eigenvalue weighted by Gasteiger charge is 2.30. The van der Waals surface area contributed by atoms with Crippen molar-refractivity contribution in [2.24, 2.45) is 0 Å². The lowest BCUT2D eigenvalue weighted by atomic mass is 10.1. The monoisotopic (exact) mass is 311 g/mol. The number of ether oxygens (including phenoxy) is 1. The number of carbonyl (C=O) groups excluding carboxylic acids is 2. The van der Waals surface area contributed by atoms with Crippen LogP contribution in [0.25, 0.3) is 0 Å². The predicted octanol–water partition coefficient (Wildman–Crippen LogP) is 1.60. The fourth-order valence-corrected chi connectivity index (χ4v) is 2.91. The zero-order valence-corrected chi connectivity index (χ0v) is 14.1. The normalized spacial score (nSPS) is 22.8. The van der Waals surface area contributed by atoms with Crippen molar-refractivity contribution in [2.45, 2.75) is 58.1 Å². The van der Waals surface area contributed by atoms with Crippen LogP contribution < -0.4 is 5.32 Å². The zero-order chi connectivity index (χ0) is 16.2. The summed E-state index contributed by atoms with van der Waals surface area (Å²) in [5, 5.41) is 3.29. The predicted molar refractivity (Wildman–Crippen MR) is 84.6 cm³/mol. The van der Waals surface area contributed by atoms with Crippen molar-refractivity contribution in [3.63, 3.8) is 0 Å². The molecule has 2 amide bonds. The Morgan fingerprint density at radius 2 is 1.77 bits per heavy atom. The van der Waals surface area contributed by atoms with E-state index in [1.165, 1.54) is 6.42 Å². The molecule has 0 aromatic heterocycles. The largest absolute Gasteiger partial charge is 0.444 e. The van der Waals surface area contributed by atoms with Crippen LogP contribution in [0.4, 0.5) is 4.79 Å². The number of rotatable bonds is 3. The number of nitrogens with zero attached hydrogens (tertiary/aromatic N) is 2. The number of nitrogens with one attached hydrogen (secondary N) is 1. The summed E-state index contributed by atoms with van der Waals surface area (Å²) in [5.74, 6) is 0.176. The minimum absolute atomic E-state index is 0.176. The Morgan fingerprint density at radius 3 is 2.41 bits per heavy atom. The van der Waals surface area contributed by atoms with Gasteiger partial charge in [-0.25, -0.2) is 4.79 Å². The Labute approximate surface area is 133 Å². The van der Waals surface area contributed by atoms with E-state index in [0.717, 1.165) is 32.4 Å². The molecule has 6 nitrogen and oxygen atoms in total. The van der Waals surface area contributed by atoms with E-state index < -0.39 is 5.60 Å². The van der Waals surface area contributed by atoms with E-state index in [2.05, 4.69) is 5.32 Å². The molecule has 0 spiro atoms. The Hall–Kier alpha value is -1.30. The third-order valence-corrected chi connectivity index (χ3v) is 4.09. The molecule has 0 aromatic rings. The average Bonchev–Trinajstić information content (AvgIpc) is 2.93. The standard InChI is InChI=1S/C16H29N3O3/c1-16(2,3)22-15(21)19-10-7-13(12-19)17-11-14(20)18-8-5-4-6-9-18/h13,17H,4-12H2,1-3H3. The molecule has 2 aliphatic heterocycles. The maximum atomic E-state index is 12.1. The van der Waals surface area contributed by atoms with Gasteiger partial charge in [0.25, 0.3) is 0 Å². The summed E-state index contributed by atoms with van der Waals surface area (Å²) in [6.07, 6.45) is 4.06. The first-order chi connectivity index (χ1) is 10.3. The van der Waals surface area contributed by atoms with E-state index in [9.17, 15) is 9.59 Å². The maximum Gasteiger partial charge on any atom is 0.410 e. The minimum atomic E-state index is -0.465. The van der Waals surface area contributed by atoms with Gasteiger partial charge in [-0.05, 0) is 46.5 Å². The molecule has 0 aromatic carbocycles. The first-order valence-corrected chi connectivity index (χ1v) is 8.34. The van der Waals surface area contributed by atoms with Crippen LogP contribution in [-0.2, 0) is 9.53 Å². The minimum Gasteiger partial charge on any atom is -0.444 e. The third kappa shape index (κ3) is 5.16. The Bertz CT molecular complexity index is 400. The van der Waals surface area contributed by atoms with Crippen LogP contribution in [0.3, 0.4) is 0 Å². The van der Waals surface area contributed by atoms with Gasteiger partial charge in [0.05, 0.1) is 6.54 Å². The molecular formula is C16H29N3O3. The number of piperidine rings is 1. The molecule has 2 aliphatic rings. The van der Waals surface area contributed by atoms with E-state index in [4.69, 9.17) is 4.74 Å². The van der Waals surface area contributed by atoms with Gasteiger partial charge in [0.15, 0.2) is 0 Å². The Kier molecular flexibility index (Phi) is 5.67. The summed E-state index contributed by atoms with van der Waals surface area (Å²) in [4.78, 5) is 27.8. The van der Waals surface area contributed by atoms with Crippen molar-refractivity contribution in [3.05, 3.63) is 0 Å². The smallest absolute Gasteiger partial charge is 0.410 e. The van der Waals surface area contributed by atoms with Gasteiger partial charge in [-0.1, -0.05) is 0 Å². The van der Waals surface area contributed by atoms with Gasteiger partial charge in [0, 0.05) is 32.2 Å². The summed E-state index contributed by atoms with van der Waals surface area (Å²) in [6, 6.07) is 0.182. The molecule has 2 rings (SSSR count). The van der Waals surface area contributed by atoms with E-state index in [0.29, 0.717) is 19.6 Å². The van der Waals surface area contributed by atoms with E-state index in [-0.39, 0.29) is 18.0 Å². The fourth-order valence-electron chi connectivity index (χ4n) is 2.91. The van der Waals surface area contributed by atoms with Crippen molar-refractivity contribution in [3.8, 4) is 0 Å². The molecule has 0 radical (unpaired) electrons.